The van der Waals surface area contributed by atoms with Crippen LogP contribution in [-0.2, 0) is 0 Å². The zero-order valence-electron chi connectivity index (χ0n) is 9.13. The lowest BCUT2D eigenvalue weighted by molar-refractivity contribution is 0.412. The molecule has 0 bridgehead atoms. The van der Waals surface area contributed by atoms with Crippen LogP contribution in [0.15, 0.2) is 18.2 Å². The van der Waals surface area contributed by atoms with Gasteiger partial charge in [-0.05, 0) is 59.0 Å². The van der Waals surface area contributed by atoms with Crippen molar-refractivity contribution in [1.82, 2.24) is 0 Å². The van der Waals surface area contributed by atoms with Crippen molar-refractivity contribution in [3.8, 4) is 5.75 Å². The summed E-state index contributed by atoms with van der Waals surface area (Å²) in [5.74, 6) is 1.76. The van der Waals surface area contributed by atoms with E-state index in [1.54, 1.807) is 7.11 Å². The Morgan fingerprint density at radius 3 is 2.53 bits per heavy atom. The molecule has 1 aliphatic rings. The van der Waals surface area contributed by atoms with Gasteiger partial charge in [-0.1, -0.05) is 25.3 Å². The molecular weight excluding hydrogens is 299 g/mol. The van der Waals surface area contributed by atoms with Crippen molar-refractivity contribution >= 4 is 22.6 Å². The van der Waals surface area contributed by atoms with Gasteiger partial charge in [0.15, 0.2) is 0 Å². The van der Waals surface area contributed by atoms with Gasteiger partial charge in [-0.2, -0.15) is 0 Å². The fourth-order valence-electron chi connectivity index (χ4n) is 2.38. The van der Waals surface area contributed by atoms with Gasteiger partial charge in [-0.25, -0.2) is 0 Å². The Morgan fingerprint density at radius 2 is 1.93 bits per heavy atom. The van der Waals surface area contributed by atoms with E-state index in [4.69, 9.17) is 4.74 Å². The van der Waals surface area contributed by atoms with E-state index < -0.39 is 0 Å². The van der Waals surface area contributed by atoms with Crippen molar-refractivity contribution in [3.05, 3.63) is 27.3 Å². The molecule has 0 amide bonds. The van der Waals surface area contributed by atoms with Crippen LogP contribution in [0.25, 0.3) is 0 Å². The maximum atomic E-state index is 5.23. The normalized spacial score (nSPS) is 17.7. The summed E-state index contributed by atoms with van der Waals surface area (Å²) in [4.78, 5) is 0. The second-order valence-corrected chi connectivity index (χ2v) is 5.38. The maximum Gasteiger partial charge on any atom is 0.119 e. The lowest BCUT2D eigenvalue weighted by Crippen LogP contribution is -2.06. The van der Waals surface area contributed by atoms with Crippen LogP contribution in [0.1, 0.15) is 43.6 Å². The van der Waals surface area contributed by atoms with Crippen molar-refractivity contribution in [1.29, 1.82) is 0 Å². The quantitative estimate of drug-likeness (QED) is 0.737. The summed E-state index contributed by atoms with van der Waals surface area (Å²) in [5, 5.41) is 0. The second-order valence-electron chi connectivity index (χ2n) is 4.22. The lowest BCUT2D eigenvalue weighted by Gasteiger charge is -2.23. The molecule has 2 heteroatoms. The summed E-state index contributed by atoms with van der Waals surface area (Å²) in [6.07, 6.45) is 6.94. The molecule has 1 aliphatic carbocycles. The number of rotatable bonds is 2. The SMILES string of the molecule is COc1ccc(C2CCCCC2)c(I)c1. The number of ether oxygens (including phenoxy) is 1. The van der Waals surface area contributed by atoms with Gasteiger partial charge in [-0.15, -0.1) is 0 Å². The van der Waals surface area contributed by atoms with E-state index in [0.717, 1.165) is 11.7 Å². The molecule has 0 N–H and O–H groups in total. The van der Waals surface area contributed by atoms with Crippen LogP contribution in [0.3, 0.4) is 0 Å². The van der Waals surface area contributed by atoms with Crippen LogP contribution in [0.2, 0.25) is 0 Å². The van der Waals surface area contributed by atoms with Crippen molar-refractivity contribution < 1.29 is 4.74 Å². The molecule has 15 heavy (non-hydrogen) atoms. The summed E-state index contributed by atoms with van der Waals surface area (Å²) in [6, 6.07) is 6.48. The van der Waals surface area contributed by atoms with Gasteiger partial charge in [0.05, 0.1) is 7.11 Å². The fourth-order valence-corrected chi connectivity index (χ4v) is 3.31. The van der Waals surface area contributed by atoms with Crippen LogP contribution in [0.5, 0.6) is 5.75 Å². The third-order valence-corrected chi connectivity index (χ3v) is 4.19. The van der Waals surface area contributed by atoms with Gasteiger partial charge in [-0.3, -0.25) is 0 Å². The molecule has 1 saturated carbocycles. The molecule has 0 saturated heterocycles. The summed E-state index contributed by atoms with van der Waals surface area (Å²) in [6.45, 7) is 0. The number of halogens is 1. The van der Waals surface area contributed by atoms with Gasteiger partial charge in [0.2, 0.25) is 0 Å². The van der Waals surface area contributed by atoms with E-state index in [1.807, 2.05) is 0 Å². The Bertz CT molecular complexity index is 329. The number of methoxy groups -OCH3 is 1. The molecular formula is C13H17IO. The molecule has 1 fully saturated rings. The highest BCUT2D eigenvalue weighted by Gasteiger charge is 2.17. The molecule has 1 aromatic rings. The molecule has 0 radical (unpaired) electrons. The summed E-state index contributed by atoms with van der Waals surface area (Å²) in [7, 11) is 1.73. The molecule has 0 aliphatic heterocycles. The summed E-state index contributed by atoms with van der Waals surface area (Å²) < 4.78 is 6.59. The summed E-state index contributed by atoms with van der Waals surface area (Å²) in [5.41, 5.74) is 1.52. The third-order valence-electron chi connectivity index (χ3n) is 3.25. The first-order valence-electron chi connectivity index (χ1n) is 5.64. The molecule has 0 heterocycles. The molecule has 0 atom stereocenters. The molecule has 0 unspecified atom stereocenters. The average molecular weight is 316 g/mol. The van der Waals surface area contributed by atoms with Gasteiger partial charge in [0.1, 0.15) is 5.75 Å². The van der Waals surface area contributed by atoms with Crippen molar-refractivity contribution in [3.63, 3.8) is 0 Å². The zero-order chi connectivity index (χ0) is 10.7. The first kappa shape index (κ1) is 11.2. The molecule has 1 aromatic carbocycles. The van der Waals surface area contributed by atoms with Crippen molar-refractivity contribution in [2.75, 3.05) is 7.11 Å². The highest BCUT2D eigenvalue weighted by Crippen LogP contribution is 2.35. The van der Waals surface area contributed by atoms with Crippen LogP contribution in [0.4, 0.5) is 0 Å². The van der Waals surface area contributed by atoms with E-state index in [-0.39, 0.29) is 0 Å². The fraction of sp³-hybridized carbons (Fsp3) is 0.538. The van der Waals surface area contributed by atoms with Crippen molar-refractivity contribution in [2.45, 2.75) is 38.0 Å². The van der Waals surface area contributed by atoms with Gasteiger partial charge >= 0.3 is 0 Å². The minimum atomic E-state index is 0.788. The van der Waals surface area contributed by atoms with Crippen LogP contribution < -0.4 is 4.74 Å². The molecule has 2 rings (SSSR count). The van der Waals surface area contributed by atoms with Crippen molar-refractivity contribution in [2.24, 2.45) is 0 Å². The van der Waals surface area contributed by atoms with Gasteiger partial charge in [0.25, 0.3) is 0 Å². The Labute approximate surface area is 105 Å². The average Bonchev–Trinajstić information content (AvgIpc) is 2.30. The topological polar surface area (TPSA) is 9.23 Å². The number of benzene rings is 1. The van der Waals surface area contributed by atoms with Crippen LogP contribution in [0, 0.1) is 3.57 Å². The molecule has 0 aromatic heterocycles. The predicted molar refractivity (Wildman–Crippen MR) is 71.5 cm³/mol. The largest absolute Gasteiger partial charge is 0.497 e. The smallest absolute Gasteiger partial charge is 0.119 e. The van der Waals surface area contributed by atoms with E-state index in [2.05, 4.69) is 40.8 Å². The Hall–Kier alpha value is -0.250. The van der Waals surface area contributed by atoms with E-state index >= 15 is 0 Å². The lowest BCUT2D eigenvalue weighted by atomic mass is 9.84. The summed E-state index contributed by atoms with van der Waals surface area (Å²) >= 11 is 2.43. The highest BCUT2D eigenvalue weighted by atomic mass is 127. The predicted octanol–water partition coefficient (Wildman–Crippen LogP) is 4.35. The first-order chi connectivity index (χ1) is 7.31. The van der Waals surface area contributed by atoms with Gasteiger partial charge < -0.3 is 4.74 Å². The monoisotopic (exact) mass is 316 g/mol. The molecule has 0 spiro atoms. The maximum absolute atomic E-state index is 5.23. The second kappa shape index (κ2) is 5.19. The number of hydrogen-bond donors (Lipinski definition) is 0. The first-order valence-corrected chi connectivity index (χ1v) is 6.72. The number of hydrogen-bond acceptors (Lipinski definition) is 1. The standard InChI is InChI=1S/C13H17IO/c1-15-11-7-8-12(13(14)9-11)10-5-3-2-4-6-10/h7-10H,2-6H2,1H3. The minimum Gasteiger partial charge on any atom is -0.497 e. The minimum absolute atomic E-state index is 0.788. The zero-order valence-corrected chi connectivity index (χ0v) is 11.3. The van der Waals surface area contributed by atoms with E-state index in [0.29, 0.717) is 0 Å². The van der Waals surface area contributed by atoms with E-state index in [9.17, 15) is 0 Å². The molecule has 1 nitrogen and oxygen atoms in total. The molecule has 82 valence electrons. The van der Waals surface area contributed by atoms with E-state index in [1.165, 1.54) is 41.2 Å². The van der Waals surface area contributed by atoms with Crippen LogP contribution in [-0.4, -0.2) is 7.11 Å². The Balaban J connectivity index is 2.19. The highest BCUT2D eigenvalue weighted by molar-refractivity contribution is 14.1. The Kier molecular flexibility index (Phi) is 3.89. The van der Waals surface area contributed by atoms with Crippen LogP contribution >= 0.6 is 22.6 Å². The van der Waals surface area contributed by atoms with Gasteiger partial charge in [0, 0.05) is 3.57 Å². The Morgan fingerprint density at radius 1 is 1.20 bits per heavy atom. The third kappa shape index (κ3) is 2.65.